The van der Waals surface area contributed by atoms with E-state index in [2.05, 4.69) is 5.32 Å². The van der Waals surface area contributed by atoms with Crippen LogP contribution in [0.1, 0.15) is 51.4 Å². The van der Waals surface area contributed by atoms with Crippen LogP contribution in [0.25, 0.3) is 0 Å². The molecule has 1 saturated carbocycles. The van der Waals surface area contributed by atoms with Crippen LogP contribution in [0.5, 0.6) is 5.75 Å². The van der Waals surface area contributed by atoms with Gasteiger partial charge in [-0.25, -0.2) is 8.42 Å². The Kier molecular flexibility index (Phi) is 9.52. The van der Waals surface area contributed by atoms with Gasteiger partial charge in [-0.2, -0.15) is 4.31 Å². The van der Waals surface area contributed by atoms with E-state index >= 15 is 0 Å². The molecule has 1 aliphatic carbocycles. The second-order valence-electron chi connectivity index (χ2n) is 8.49. The summed E-state index contributed by atoms with van der Waals surface area (Å²) in [4.78, 5) is 24.2. The molecule has 1 heterocycles. The van der Waals surface area contributed by atoms with Gasteiger partial charge in [-0.05, 0) is 37.0 Å². The molecule has 3 rings (SSSR count). The average molecular weight is 483 g/mol. The van der Waals surface area contributed by atoms with Crippen LogP contribution in [0.2, 0.25) is 0 Å². The Morgan fingerprint density at radius 1 is 1.15 bits per heavy atom. The number of ether oxygens (including phenoxy) is 3. The molecular formula is C23H34N2O7S. The Bertz CT molecular complexity index is 907. The third-order valence-corrected chi connectivity index (χ3v) is 8.04. The van der Waals surface area contributed by atoms with E-state index in [9.17, 15) is 18.0 Å². The van der Waals surface area contributed by atoms with E-state index < -0.39 is 28.5 Å². The summed E-state index contributed by atoms with van der Waals surface area (Å²) in [7, 11) is -2.43. The lowest BCUT2D eigenvalue weighted by molar-refractivity contribution is -0.147. The lowest BCUT2D eigenvalue weighted by Gasteiger charge is -2.26. The van der Waals surface area contributed by atoms with Crippen molar-refractivity contribution in [1.29, 1.82) is 0 Å². The smallest absolute Gasteiger partial charge is 0.306 e. The van der Waals surface area contributed by atoms with Crippen molar-refractivity contribution in [2.45, 2.75) is 56.3 Å². The van der Waals surface area contributed by atoms with E-state index in [1.807, 2.05) is 0 Å². The first kappa shape index (κ1) is 25.5. The summed E-state index contributed by atoms with van der Waals surface area (Å²) in [5.74, 6) is -0.0430. The van der Waals surface area contributed by atoms with Gasteiger partial charge in [0.2, 0.25) is 10.0 Å². The van der Waals surface area contributed by atoms with Crippen LogP contribution >= 0.6 is 0 Å². The number of nitrogens with one attached hydrogen (secondary N) is 1. The van der Waals surface area contributed by atoms with Crippen molar-refractivity contribution in [1.82, 2.24) is 4.31 Å². The van der Waals surface area contributed by atoms with Gasteiger partial charge >= 0.3 is 5.97 Å². The molecule has 33 heavy (non-hydrogen) atoms. The number of carbonyl (C=O) groups excluding carboxylic acids is 2. The van der Waals surface area contributed by atoms with Crippen molar-refractivity contribution in [3.05, 3.63) is 18.2 Å². The molecule has 1 aromatic rings. The molecule has 184 valence electrons. The second-order valence-corrected chi connectivity index (χ2v) is 10.4. The van der Waals surface area contributed by atoms with Gasteiger partial charge in [0.1, 0.15) is 10.6 Å². The van der Waals surface area contributed by atoms with Gasteiger partial charge in [-0.1, -0.05) is 32.1 Å². The topological polar surface area (TPSA) is 111 Å². The van der Waals surface area contributed by atoms with Gasteiger partial charge in [-0.3, -0.25) is 9.59 Å². The minimum atomic E-state index is -3.82. The first-order valence-corrected chi connectivity index (χ1v) is 13.1. The molecule has 1 saturated heterocycles. The third-order valence-electron chi connectivity index (χ3n) is 6.12. The lowest BCUT2D eigenvalue weighted by Crippen LogP contribution is -2.40. The minimum absolute atomic E-state index is 0.0376. The van der Waals surface area contributed by atoms with E-state index in [0.717, 1.165) is 12.8 Å². The van der Waals surface area contributed by atoms with Crippen molar-refractivity contribution in [2.24, 2.45) is 5.92 Å². The number of rotatable bonds is 10. The zero-order chi connectivity index (χ0) is 23.7. The van der Waals surface area contributed by atoms with E-state index in [1.54, 1.807) is 6.07 Å². The second kappa shape index (κ2) is 12.3. The molecule has 0 aromatic heterocycles. The van der Waals surface area contributed by atoms with Crippen LogP contribution in [-0.4, -0.2) is 64.6 Å². The maximum atomic E-state index is 13.0. The quantitative estimate of drug-likeness (QED) is 0.510. The Labute approximate surface area is 195 Å². The SMILES string of the molecule is COc1ccc(NC(=O)COC(=O)CCCC2CCCCC2)cc1S(=O)(=O)N1CCOCC1. The van der Waals surface area contributed by atoms with Gasteiger partial charge in [0.25, 0.3) is 5.91 Å². The monoisotopic (exact) mass is 482 g/mol. The average Bonchev–Trinajstić information content (AvgIpc) is 2.84. The van der Waals surface area contributed by atoms with Crippen molar-refractivity contribution in [3.63, 3.8) is 0 Å². The predicted octanol–water partition coefficient (Wildman–Crippen LogP) is 2.95. The summed E-state index contributed by atoms with van der Waals surface area (Å²) >= 11 is 0. The Balaban J connectivity index is 1.50. The van der Waals surface area contributed by atoms with Crippen LogP contribution in [0.4, 0.5) is 5.69 Å². The number of sulfonamides is 1. The van der Waals surface area contributed by atoms with Gasteiger partial charge < -0.3 is 19.5 Å². The van der Waals surface area contributed by atoms with Crippen LogP contribution < -0.4 is 10.1 Å². The molecule has 0 bridgehead atoms. The maximum Gasteiger partial charge on any atom is 0.306 e. The fourth-order valence-electron chi connectivity index (χ4n) is 4.31. The summed E-state index contributed by atoms with van der Waals surface area (Å²) in [6.07, 6.45) is 8.42. The first-order valence-electron chi connectivity index (χ1n) is 11.6. The van der Waals surface area contributed by atoms with E-state index in [1.165, 1.54) is 55.7 Å². The molecule has 0 atom stereocenters. The zero-order valence-electron chi connectivity index (χ0n) is 19.2. The molecule has 2 aliphatic rings. The number of nitrogens with zero attached hydrogens (tertiary/aromatic N) is 1. The largest absolute Gasteiger partial charge is 0.495 e. The molecule has 1 aliphatic heterocycles. The van der Waals surface area contributed by atoms with E-state index in [4.69, 9.17) is 14.2 Å². The first-order chi connectivity index (χ1) is 15.9. The van der Waals surface area contributed by atoms with Crippen LogP contribution in [0.3, 0.4) is 0 Å². The molecule has 0 radical (unpaired) electrons. The molecule has 1 amide bonds. The summed E-state index contributed by atoms with van der Waals surface area (Å²) in [5.41, 5.74) is 0.279. The standard InChI is InChI=1S/C23H34N2O7S/c1-30-20-11-10-19(16-21(20)33(28,29)25-12-14-31-15-13-25)24-22(26)17-32-23(27)9-5-8-18-6-3-2-4-7-18/h10-11,16,18H,2-9,12-15,17H2,1H3,(H,24,26). The fraction of sp³-hybridized carbons (Fsp3) is 0.652. The number of hydrogen-bond acceptors (Lipinski definition) is 7. The number of amides is 1. The van der Waals surface area contributed by atoms with Crippen molar-refractivity contribution in [2.75, 3.05) is 45.3 Å². The van der Waals surface area contributed by atoms with Gasteiger partial charge in [0, 0.05) is 25.2 Å². The molecule has 10 heteroatoms. The Morgan fingerprint density at radius 3 is 2.58 bits per heavy atom. The van der Waals surface area contributed by atoms with Gasteiger partial charge in [0.05, 0.1) is 20.3 Å². The predicted molar refractivity (Wildman–Crippen MR) is 123 cm³/mol. The number of carbonyl (C=O) groups is 2. The van der Waals surface area contributed by atoms with E-state index in [-0.39, 0.29) is 29.4 Å². The molecule has 0 spiro atoms. The molecule has 0 unspecified atom stereocenters. The van der Waals surface area contributed by atoms with E-state index in [0.29, 0.717) is 25.6 Å². The molecule has 1 N–H and O–H groups in total. The van der Waals surface area contributed by atoms with Crippen molar-refractivity contribution in [3.8, 4) is 5.75 Å². The number of hydrogen-bond donors (Lipinski definition) is 1. The Hall–Kier alpha value is -2.17. The summed E-state index contributed by atoms with van der Waals surface area (Å²) in [5, 5.41) is 2.59. The molecule has 9 nitrogen and oxygen atoms in total. The summed E-state index contributed by atoms with van der Waals surface area (Å²) < 4.78 is 43.0. The number of methoxy groups -OCH3 is 1. The Morgan fingerprint density at radius 2 is 1.88 bits per heavy atom. The molecule has 1 aromatic carbocycles. The summed E-state index contributed by atoms with van der Waals surface area (Å²) in [6, 6.07) is 4.38. The third kappa shape index (κ3) is 7.41. The van der Waals surface area contributed by atoms with Gasteiger partial charge in [-0.15, -0.1) is 0 Å². The number of anilines is 1. The highest BCUT2D eigenvalue weighted by Gasteiger charge is 2.29. The van der Waals surface area contributed by atoms with Crippen LogP contribution in [0, 0.1) is 5.92 Å². The molecular weight excluding hydrogens is 448 g/mol. The highest BCUT2D eigenvalue weighted by Crippen LogP contribution is 2.30. The zero-order valence-corrected chi connectivity index (χ0v) is 20.0. The normalized spacial score (nSPS) is 18.0. The number of esters is 1. The fourth-order valence-corrected chi connectivity index (χ4v) is 5.90. The maximum absolute atomic E-state index is 13.0. The van der Waals surface area contributed by atoms with Crippen molar-refractivity contribution >= 4 is 27.6 Å². The highest BCUT2D eigenvalue weighted by atomic mass is 32.2. The van der Waals surface area contributed by atoms with Gasteiger partial charge in [0.15, 0.2) is 6.61 Å². The lowest BCUT2D eigenvalue weighted by atomic mass is 9.86. The van der Waals surface area contributed by atoms with Crippen LogP contribution in [-0.2, 0) is 29.1 Å². The van der Waals surface area contributed by atoms with Crippen LogP contribution in [0.15, 0.2) is 23.1 Å². The minimum Gasteiger partial charge on any atom is -0.495 e. The number of morpholine rings is 1. The highest BCUT2D eigenvalue weighted by molar-refractivity contribution is 7.89. The van der Waals surface area contributed by atoms with Crippen molar-refractivity contribution < 1.29 is 32.2 Å². The summed E-state index contributed by atoms with van der Waals surface area (Å²) in [6.45, 7) is 0.728. The number of benzene rings is 1. The molecule has 2 fully saturated rings.